The van der Waals surface area contributed by atoms with Gasteiger partial charge >= 0.3 is 0 Å². The van der Waals surface area contributed by atoms with E-state index in [1.165, 1.54) is 11.8 Å². The maximum Gasteiger partial charge on any atom is 0.262 e. The zero-order valence-corrected chi connectivity index (χ0v) is 17.1. The van der Waals surface area contributed by atoms with E-state index in [9.17, 15) is 4.79 Å². The highest BCUT2D eigenvalue weighted by molar-refractivity contribution is 7.98. The lowest BCUT2D eigenvalue weighted by Crippen LogP contribution is -2.28. The summed E-state index contributed by atoms with van der Waals surface area (Å²) in [6, 6.07) is 13.0. The predicted molar refractivity (Wildman–Crippen MR) is 113 cm³/mol. The molecule has 0 N–H and O–H groups in total. The van der Waals surface area contributed by atoms with Crippen molar-refractivity contribution in [3.05, 3.63) is 63.4 Å². The van der Waals surface area contributed by atoms with E-state index in [1.54, 1.807) is 17.7 Å². The quantitative estimate of drug-likeness (QED) is 0.436. The minimum absolute atomic E-state index is 0.0262. The second-order valence-electron chi connectivity index (χ2n) is 6.71. The van der Waals surface area contributed by atoms with E-state index >= 15 is 0 Å². The molecule has 2 heterocycles. The minimum Gasteiger partial charge on any atom is -0.496 e. The topological polar surface area (TPSA) is 53.3 Å². The number of hydrogen-bond acceptors (Lipinski definition) is 5. The summed E-state index contributed by atoms with van der Waals surface area (Å²) in [5.41, 5.74) is 1.64. The van der Waals surface area contributed by atoms with E-state index in [0.29, 0.717) is 33.4 Å². The van der Waals surface area contributed by atoms with E-state index in [-0.39, 0.29) is 11.7 Å². The molecule has 4 rings (SSSR count). The second-order valence-corrected chi connectivity index (χ2v) is 8.09. The van der Waals surface area contributed by atoms with Gasteiger partial charge in [-0.2, -0.15) is 0 Å². The van der Waals surface area contributed by atoms with Crippen molar-refractivity contribution in [2.24, 2.45) is 0 Å². The molecule has 7 heteroatoms. The van der Waals surface area contributed by atoms with Crippen molar-refractivity contribution < 1.29 is 9.47 Å². The Morgan fingerprint density at radius 3 is 2.96 bits per heavy atom. The maximum absolute atomic E-state index is 13.1. The number of benzene rings is 2. The Hall–Kier alpha value is -2.02. The Balaban J connectivity index is 1.70. The lowest BCUT2D eigenvalue weighted by Gasteiger charge is -2.17. The van der Waals surface area contributed by atoms with Crippen molar-refractivity contribution in [3.63, 3.8) is 0 Å². The van der Waals surface area contributed by atoms with E-state index in [0.717, 1.165) is 30.8 Å². The van der Waals surface area contributed by atoms with Crippen LogP contribution >= 0.6 is 23.4 Å². The van der Waals surface area contributed by atoms with Crippen molar-refractivity contribution in [2.45, 2.75) is 36.4 Å². The summed E-state index contributed by atoms with van der Waals surface area (Å²) in [6.45, 7) is 1.27. The molecule has 0 unspecified atom stereocenters. The van der Waals surface area contributed by atoms with Gasteiger partial charge in [-0.3, -0.25) is 9.36 Å². The fraction of sp³-hybridized carbons (Fsp3) is 0.333. The second kappa shape index (κ2) is 8.55. The molecule has 0 bridgehead atoms. The van der Waals surface area contributed by atoms with Crippen LogP contribution in [0.25, 0.3) is 10.9 Å². The molecule has 3 aromatic rings. The Kier molecular flexibility index (Phi) is 5.90. The van der Waals surface area contributed by atoms with Gasteiger partial charge in [0.2, 0.25) is 0 Å². The monoisotopic (exact) mass is 416 g/mol. The van der Waals surface area contributed by atoms with Gasteiger partial charge in [0.05, 0.1) is 30.7 Å². The van der Waals surface area contributed by atoms with Crippen molar-refractivity contribution in [1.29, 1.82) is 0 Å². The summed E-state index contributed by atoms with van der Waals surface area (Å²) in [4.78, 5) is 17.9. The van der Waals surface area contributed by atoms with Crippen LogP contribution in [0.1, 0.15) is 18.4 Å². The normalized spacial score (nSPS) is 16.6. The van der Waals surface area contributed by atoms with E-state index in [1.807, 2.05) is 36.4 Å². The number of nitrogens with zero attached hydrogens (tertiary/aromatic N) is 2. The molecule has 1 atom stereocenters. The van der Waals surface area contributed by atoms with Crippen LogP contribution in [0.3, 0.4) is 0 Å². The van der Waals surface area contributed by atoms with Gasteiger partial charge < -0.3 is 9.47 Å². The van der Waals surface area contributed by atoms with E-state index in [2.05, 4.69) is 0 Å². The highest BCUT2D eigenvalue weighted by atomic mass is 35.5. The van der Waals surface area contributed by atoms with Gasteiger partial charge in [0.1, 0.15) is 5.75 Å². The molecule has 0 amide bonds. The molecule has 1 fully saturated rings. The molecule has 1 aliphatic heterocycles. The van der Waals surface area contributed by atoms with Gasteiger partial charge in [-0.15, -0.1) is 0 Å². The van der Waals surface area contributed by atoms with Crippen molar-refractivity contribution in [3.8, 4) is 5.75 Å². The molecule has 0 aliphatic carbocycles. The number of rotatable bonds is 6. The van der Waals surface area contributed by atoms with Crippen LogP contribution in [-0.2, 0) is 17.0 Å². The highest BCUT2D eigenvalue weighted by Crippen LogP contribution is 2.30. The number of aromatic nitrogens is 2. The Bertz CT molecular complexity index is 1050. The summed E-state index contributed by atoms with van der Waals surface area (Å²) in [6.07, 6.45) is 2.05. The Morgan fingerprint density at radius 1 is 1.32 bits per heavy atom. The van der Waals surface area contributed by atoms with Gasteiger partial charge in [-0.05, 0) is 43.2 Å². The number of fused-ring (bicyclic) bond motifs is 1. The molecular weight excluding hydrogens is 396 g/mol. The van der Waals surface area contributed by atoms with Crippen LogP contribution in [0.15, 0.2) is 52.4 Å². The number of thioether (sulfide) groups is 1. The van der Waals surface area contributed by atoms with Crippen molar-refractivity contribution in [2.75, 3.05) is 13.7 Å². The average Bonchev–Trinajstić information content (AvgIpc) is 3.22. The van der Waals surface area contributed by atoms with Crippen LogP contribution < -0.4 is 10.3 Å². The van der Waals surface area contributed by atoms with Gasteiger partial charge in [-0.1, -0.05) is 35.5 Å². The third-order valence-corrected chi connectivity index (χ3v) is 6.10. The summed E-state index contributed by atoms with van der Waals surface area (Å²) in [5.74, 6) is 1.37. The van der Waals surface area contributed by atoms with Crippen LogP contribution in [0.4, 0.5) is 0 Å². The molecule has 1 aromatic heterocycles. The molecule has 0 saturated carbocycles. The molecule has 5 nitrogen and oxygen atoms in total. The molecule has 0 spiro atoms. The maximum atomic E-state index is 13.1. The molecule has 2 aromatic carbocycles. The zero-order valence-electron chi connectivity index (χ0n) is 15.6. The molecule has 28 heavy (non-hydrogen) atoms. The first-order chi connectivity index (χ1) is 13.7. The first kappa shape index (κ1) is 19.3. The van der Waals surface area contributed by atoms with E-state index in [4.69, 9.17) is 26.1 Å². The number of methoxy groups -OCH3 is 1. The lowest BCUT2D eigenvalue weighted by molar-refractivity contribution is 0.0937. The molecule has 1 aliphatic rings. The summed E-state index contributed by atoms with van der Waals surface area (Å²) >= 11 is 7.66. The van der Waals surface area contributed by atoms with Gasteiger partial charge in [0, 0.05) is 22.9 Å². The van der Waals surface area contributed by atoms with E-state index < -0.39 is 0 Å². The largest absolute Gasteiger partial charge is 0.496 e. The summed E-state index contributed by atoms with van der Waals surface area (Å²) in [7, 11) is 1.64. The van der Waals surface area contributed by atoms with Crippen LogP contribution in [0, 0.1) is 0 Å². The summed E-state index contributed by atoms with van der Waals surface area (Å²) in [5, 5.41) is 1.96. The lowest BCUT2D eigenvalue weighted by atomic mass is 10.2. The summed E-state index contributed by atoms with van der Waals surface area (Å²) < 4.78 is 12.9. The average molecular weight is 417 g/mol. The molecule has 0 radical (unpaired) electrons. The van der Waals surface area contributed by atoms with Crippen molar-refractivity contribution in [1.82, 2.24) is 9.55 Å². The predicted octanol–water partition coefficient (Wildman–Crippen LogP) is 4.53. The fourth-order valence-electron chi connectivity index (χ4n) is 3.41. The standard InChI is InChI=1S/C21H21ClN2O3S/c1-26-19-9-8-15(22)11-14(19)13-28-21-23-18-7-3-2-6-17(18)20(25)24(21)12-16-5-4-10-27-16/h2-3,6-9,11,16H,4-5,10,12-13H2,1H3/t16-/m1/s1. The number of hydrogen-bond donors (Lipinski definition) is 0. The fourth-order valence-corrected chi connectivity index (χ4v) is 4.59. The Labute approximate surface area is 172 Å². The number of ether oxygens (including phenoxy) is 2. The third-order valence-electron chi connectivity index (χ3n) is 4.84. The van der Waals surface area contributed by atoms with Crippen LogP contribution in [0.2, 0.25) is 5.02 Å². The SMILES string of the molecule is COc1ccc(Cl)cc1CSc1nc2ccccc2c(=O)n1C[C@H]1CCCO1. The molecule has 1 saturated heterocycles. The van der Waals surface area contributed by atoms with Crippen molar-refractivity contribution >= 4 is 34.3 Å². The number of halogens is 1. The smallest absolute Gasteiger partial charge is 0.262 e. The highest BCUT2D eigenvalue weighted by Gasteiger charge is 2.20. The van der Waals surface area contributed by atoms with Gasteiger partial charge in [0.25, 0.3) is 5.56 Å². The van der Waals surface area contributed by atoms with Crippen LogP contribution in [0.5, 0.6) is 5.75 Å². The minimum atomic E-state index is -0.0262. The number of para-hydroxylation sites is 1. The first-order valence-corrected chi connectivity index (χ1v) is 10.6. The van der Waals surface area contributed by atoms with Gasteiger partial charge in [0.15, 0.2) is 5.16 Å². The Morgan fingerprint density at radius 2 is 2.18 bits per heavy atom. The first-order valence-electron chi connectivity index (χ1n) is 9.22. The zero-order chi connectivity index (χ0) is 19.5. The molecule has 146 valence electrons. The molecular formula is C21H21ClN2O3S. The third kappa shape index (κ3) is 4.04. The van der Waals surface area contributed by atoms with Gasteiger partial charge in [-0.25, -0.2) is 4.98 Å². The van der Waals surface area contributed by atoms with Crippen LogP contribution in [-0.4, -0.2) is 29.4 Å².